The minimum absolute atomic E-state index is 0.0817. The zero-order valence-electron chi connectivity index (χ0n) is 11.9. The van der Waals surface area contributed by atoms with E-state index in [-0.39, 0.29) is 30.6 Å². The molecule has 6 heteroatoms. The topological polar surface area (TPSA) is 78.9 Å². The average molecular weight is 272 g/mol. The van der Waals surface area contributed by atoms with Gasteiger partial charge in [0.2, 0.25) is 0 Å². The van der Waals surface area contributed by atoms with Gasteiger partial charge < -0.3 is 20.1 Å². The number of carboxylic acid groups (broad SMARTS) is 1. The summed E-state index contributed by atoms with van der Waals surface area (Å²) in [6, 6.07) is -0.586. The zero-order chi connectivity index (χ0) is 14.5. The molecule has 0 aliphatic carbocycles. The van der Waals surface area contributed by atoms with Crippen LogP contribution in [0.15, 0.2) is 0 Å². The van der Waals surface area contributed by atoms with Gasteiger partial charge >= 0.3 is 12.0 Å². The van der Waals surface area contributed by atoms with Gasteiger partial charge in [-0.25, -0.2) is 4.79 Å². The van der Waals surface area contributed by atoms with Crippen LogP contribution in [0.2, 0.25) is 0 Å². The highest BCUT2D eigenvalue weighted by Crippen LogP contribution is 2.15. The lowest BCUT2D eigenvalue weighted by Crippen LogP contribution is -2.57. The van der Waals surface area contributed by atoms with Crippen molar-refractivity contribution in [1.29, 1.82) is 0 Å². The number of nitrogens with one attached hydrogen (secondary N) is 1. The first-order valence-corrected chi connectivity index (χ1v) is 6.74. The number of ether oxygens (including phenoxy) is 1. The number of carbonyl (C=O) groups is 2. The van der Waals surface area contributed by atoms with Crippen molar-refractivity contribution in [2.45, 2.75) is 51.6 Å². The molecule has 0 radical (unpaired) electrons. The van der Waals surface area contributed by atoms with Crippen LogP contribution in [0, 0.1) is 0 Å². The smallest absolute Gasteiger partial charge is 0.318 e. The van der Waals surface area contributed by atoms with E-state index in [1.807, 2.05) is 13.8 Å². The maximum atomic E-state index is 12.2. The summed E-state index contributed by atoms with van der Waals surface area (Å²) < 4.78 is 5.26. The summed E-state index contributed by atoms with van der Waals surface area (Å²) in [6.45, 7) is 7.19. The Kier molecular flexibility index (Phi) is 5.60. The molecule has 1 rings (SSSR count). The van der Waals surface area contributed by atoms with Crippen molar-refractivity contribution in [2.24, 2.45) is 0 Å². The van der Waals surface area contributed by atoms with Gasteiger partial charge in [0.1, 0.15) is 0 Å². The maximum absolute atomic E-state index is 12.2. The summed E-state index contributed by atoms with van der Waals surface area (Å²) in [5.74, 6) is -0.916. The number of morpholine rings is 1. The summed E-state index contributed by atoms with van der Waals surface area (Å²) in [6.07, 6.45) is 1.78. The highest BCUT2D eigenvalue weighted by molar-refractivity contribution is 5.76. The van der Waals surface area contributed by atoms with Gasteiger partial charge in [-0.3, -0.25) is 4.79 Å². The number of hydrogen-bond acceptors (Lipinski definition) is 3. The number of rotatable bonds is 5. The second-order valence-corrected chi connectivity index (χ2v) is 5.58. The minimum Gasteiger partial charge on any atom is -0.481 e. The molecule has 1 aliphatic rings. The Morgan fingerprint density at radius 1 is 1.47 bits per heavy atom. The van der Waals surface area contributed by atoms with Crippen LogP contribution in [-0.2, 0) is 9.53 Å². The summed E-state index contributed by atoms with van der Waals surface area (Å²) in [5.41, 5.74) is -0.280. The molecular weight excluding hydrogens is 248 g/mol. The third-order valence-corrected chi connectivity index (χ3v) is 3.22. The Bertz CT molecular complexity index is 331. The minimum atomic E-state index is -0.916. The summed E-state index contributed by atoms with van der Waals surface area (Å²) >= 11 is 0. The molecule has 0 bridgehead atoms. The van der Waals surface area contributed by atoms with Crippen LogP contribution in [0.1, 0.15) is 40.0 Å². The van der Waals surface area contributed by atoms with Gasteiger partial charge in [-0.1, -0.05) is 13.3 Å². The van der Waals surface area contributed by atoms with E-state index in [0.29, 0.717) is 13.2 Å². The molecule has 19 heavy (non-hydrogen) atoms. The SMILES string of the molecule is CCCC(C)(C)NC(=O)N1CCOCC1CC(=O)O. The van der Waals surface area contributed by atoms with Gasteiger partial charge in [0.25, 0.3) is 0 Å². The lowest BCUT2D eigenvalue weighted by molar-refractivity contribution is -0.139. The molecule has 0 aromatic heterocycles. The first kappa shape index (κ1) is 15.8. The molecular formula is C13H24N2O4. The van der Waals surface area contributed by atoms with Crippen LogP contribution in [0.5, 0.6) is 0 Å². The van der Waals surface area contributed by atoms with Crippen molar-refractivity contribution in [3.8, 4) is 0 Å². The molecule has 110 valence electrons. The Labute approximate surface area is 114 Å². The molecule has 1 unspecified atom stereocenters. The largest absolute Gasteiger partial charge is 0.481 e. The Morgan fingerprint density at radius 2 is 2.16 bits per heavy atom. The molecule has 2 amide bonds. The number of aliphatic carboxylic acids is 1. The van der Waals surface area contributed by atoms with Gasteiger partial charge in [0, 0.05) is 12.1 Å². The summed E-state index contributed by atoms with van der Waals surface area (Å²) in [4.78, 5) is 24.6. The zero-order valence-corrected chi connectivity index (χ0v) is 11.9. The first-order chi connectivity index (χ1) is 8.85. The fourth-order valence-corrected chi connectivity index (χ4v) is 2.34. The molecule has 0 saturated carbocycles. The fourth-order valence-electron chi connectivity index (χ4n) is 2.34. The van der Waals surface area contributed by atoms with Crippen LogP contribution in [0.4, 0.5) is 4.79 Å². The molecule has 0 aromatic carbocycles. The predicted molar refractivity (Wildman–Crippen MR) is 71.1 cm³/mol. The Morgan fingerprint density at radius 3 is 2.74 bits per heavy atom. The lowest BCUT2D eigenvalue weighted by atomic mass is 9.99. The predicted octanol–water partition coefficient (Wildman–Crippen LogP) is 1.45. The molecule has 1 fully saturated rings. The number of amides is 2. The molecule has 2 N–H and O–H groups in total. The van der Waals surface area contributed by atoms with Gasteiger partial charge in [0.05, 0.1) is 25.7 Å². The van der Waals surface area contributed by atoms with E-state index in [2.05, 4.69) is 12.2 Å². The first-order valence-electron chi connectivity index (χ1n) is 6.74. The maximum Gasteiger partial charge on any atom is 0.318 e. The van der Waals surface area contributed by atoms with Crippen molar-refractivity contribution in [1.82, 2.24) is 10.2 Å². The third kappa shape index (κ3) is 5.06. The van der Waals surface area contributed by atoms with Gasteiger partial charge in [-0.05, 0) is 20.3 Å². The summed E-state index contributed by atoms with van der Waals surface area (Å²) in [7, 11) is 0. The molecule has 0 aromatic rings. The van der Waals surface area contributed by atoms with Crippen LogP contribution >= 0.6 is 0 Å². The normalized spacial score (nSPS) is 20.2. The number of hydrogen-bond donors (Lipinski definition) is 2. The second-order valence-electron chi connectivity index (χ2n) is 5.58. The van der Waals surface area contributed by atoms with Gasteiger partial charge in [-0.15, -0.1) is 0 Å². The molecule has 1 aliphatic heterocycles. The van der Waals surface area contributed by atoms with E-state index in [4.69, 9.17) is 9.84 Å². The molecule has 1 heterocycles. The van der Waals surface area contributed by atoms with E-state index in [1.54, 1.807) is 4.90 Å². The molecule has 6 nitrogen and oxygen atoms in total. The second kappa shape index (κ2) is 6.75. The Hall–Kier alpha value is -1.30. The number of urea groups is 1. The van der Waals surface area contributed by atoms with E-state index in [9.17, 15) is 9.59 Å². The van der Waals surface area contributed by atoms with Crippen LogP contribution in [0.3, 0.4) is 0 Å². The number of nitrogens with zero attached hydrogens (tertiary/aromatic N) is 1. The monoisotopic (exact) mass is 272 g/mol. The highest BCUT2D eigenvalue weighted by atomic mass is 16.5. The fraction of sp³-hybridized carbons (Fsp3) is 0.846. The Balaban J connectivity index is 2.64. The lowest BCUT2D eigenvalue weighted by Gasteiger charge is -2.37. The highest BCUT2D eigenvalue weighted by Gasteiger charge is 2.31. The summed E-state index contributed by atoms with van der Waals surface area (Å²) in [5, 5.41) is 11.8. The average Bonchev–Trinajstić information content (AvgIpc) is 2.27. The van der Waals surface area contributed by atoms with Crippen molar-refractivity contribution >= 4 is 12.0 Å². The van der Waals surface area contributed by atoms with Crippen molar-refractivity contribution in [3.63, 3.8) is 0 Å². The molecule has 0 spiro atoms. The van der Waals surface area contributed by atoms with Gasteiger partial charge in [0.15, 0.2) is 0 Å². The quantitative estimate of drug-likeness (QED) is 0.794. The molecule has 1 atom stereocenters. The number of carbonyl (C=O) groups excluding carboxylic acids is 1. The van der Waals surface area contributed by atoms with Gasteiger partial charge in [-0.2, -0.15) is 0 Å². The van der Waals surface area contributed by atoms with Crippen molar-refractivity contribution in [2.75, 3.05) is 19.8 Å². The van der Waals surface area contributed by atoms with Crippen molar-refractivity contribution < 1.29 is 19.4 Å². The molecule has 1 saturated heterocycles. The van der Waals surface area contributed by atoms with Crippen LogP contribution in [-0.4, -0.2) is 53.3 Å². The van der Waals surface area contributed by atoms with Crippen LogP contribution in [0.25, 0.3) is 0 Å². The van der Waals surface area contributed by atoms with E-state index < -0.39 is 5.97 Å². The number of carboxylic acids is 1. The van der Waals surface area contributed by atoms with Crippen molar-refractivity contribution in [3.05, 3.63) is 0 Å². The third-order valence-electron chi connectivity index (χ3n) is 3.22. The van der Waals surface area contributed by atoms with E-state index >= 15 is 0 Å². The van der Waals surface area contributed by atoms with Crippen LogP contribution < -0.4 is 5.32 Å². The standard InChI is InChI=1S/C13H24N2O4/c1-4-5-13(2,3)14-12(18)15-6-7-19-9-10(15)8-11(16)17/h10H,4-9H2,1-3H3,(H,14,18)(H,16,17). The van der Waals surface area contributed by atoms with E-state index in [1.165, 1.54) is 0 Å². The van der Waals surface area contributed by atoms with E-state index in [0.717, 1.165) is 12.8 Å².